The summed E-state index contributed by atoms with van der Waals surface area (Å²) >= 11 is 0. The Morgan fingerprint density at radius 3 is 2.58 bits per heavy atom. The summed E-state index contributed by atoms with van der Waals surface area (Å²) < 4.78 is 5.44. The highest BCUT2D eigenvalue weighted by atomic mass is 16.5. The number of carbonyl (C=O) groups excluding carboxylic acids is 1. The molecule has 1 aromatic heterocycles. The van der Waals surface area contributed by atoms with Gasteiger partial charge >= 0.3 is 6.09 Å². The normalized spacial score (nSPS) is 12.0. The lowest BCUT2D eigenvalue weighted by molar-refractivity contribution is 0.133. The van der Waals surface area contributed by atoms with Crippen LogP contribution in [0, 0.1) is 12.8 Å². The molecule has 1 atom stereocenters. The fourth-order valence-electron chi connectivity index (χ4n) is 3.63. The average Bonchev–Trinajstić information content (AvgIpc) is 2.76. The highest BCUT2D eigenvalue weighted by Crippen LogP contribution is 2.26. The van der Waals surface area contributed by atoms with Crippen molar-refractivity contribution in [1.29, 1.82) is 0 Å². The molecule has 5 heteroatoms. The summed E-state index contributed by atoms with van der Waals surface area (Å²) in [5, 5.41) is 4.02. The molecule has 0 aliphatic heterocycles. The molecule has 3 aromatic rings. The minimum absolute atomic E-state index is 0.226. The van der Waals surface area contributed by atoms with E-state index < -0.39 is 6.09 Å². The van der Waals surface area contributed by atoms with Crippen molar-refractivity contribution in [1.82, 2.24) is 15.3 Å². The van der Waals surface area contributed by atoms with Gasteiger partial charge in [0.25, 0.3) is 0 Å². The number of hydrogen-bond acceptors (Lipinski definition) is 4. The Kier molecular flexibility index (Phi) is 7.40. The second-order valence-corrected chi connectivity index (χ2v) is 8.20. The van der Waals surface area contributed by atoms with Crippen molar-refractivity contribution < 1.29 is 9.53 Å². The van der Waals surface area contributed by atoms with E-state index in [2.05, 4.69) is 51.7 Å². The summed E-state index contributed by atoms with van der Waals surface area (Å²) in [6.45, 7) is 12.5. The van der Waals surface area contributed by atoms with Crippen LogP contribution in [0.2, 0.25) is 0 Å². The first-order chi connectivity index (χ1) is 14.9. The summed E-state index contributed by atoms with van der Waals surface area (Å²) in [7, 11) is 0. The van der Waals surface area contributed by atoms with Crippen LogP contribution in [-0.4, -0.2) is 16.1 Å². The molecule has 31 heavy (non-hydrogen) atoms. The van der Waals surface area contributed by atoms with Crippen molar-refractivity contribution in [2.75, 3.05) is 0 Å². The molecule has 0 aliphatic rings. The molecule has 0 aliphatic carbocycles. The Morgan fingerprint density at radius 2 is 1.94 bits per heavy atom. The molecule has 0 bridgehead atoms. The Labute approximate surface area is 184 Å². The zero-order valence-electron chi connectivity index (χ0n) is 18.8. The fourth-order valence-corrected chi connectivity index (χ4v) is 3.63. The topological polar surface area (TPSA) is 64.1 Å². The van der Waals surface area contributed by atoms with Gasteiger partial charge in [0.2, 0.25) is 0 Å². The molecular formula is C26H31N3O2. The zero-order chi connectivity index (χ0) is 22.4. The van der Waals surface area contributed by atoms with E-state index >= 15 is 0 Å². The van der Waals surface area contributed by atoms with Crippen LogP contribution in [0.15, 0.2) is 49.0 Å². The van der Waals surface area contributed by atoms with E-state index in [1.165, 1.54) is 0 Å². The number of ether oxygens (including phenoxy) is 1. The molecule has 0 spiro atoms. The van der Waals surface area contributed by atoms with E-state index in [1.54, 1.807) is 0 Å². The summed E-state index contributed by atoms with van der Waals surface area (Å²) in [6, 6.07) is 13.5. The van der Waals surface area contributed by atoms with E-state index in [9.17, 15) is 4.79 Å². The van der Waals surface area contributed by atoms with Crippen LogP contribution in [-0.2, 0) is 17.8 Å². The van der Waals surface area contributed by atoms with E-state index in [-0.39, 0.29) is 12.6 Å². The van der Waals surface area contributed by atoms with E-state index in [0.717, 1.165) is 46.1 Å². The molecule has 1 unspecified atom stereocenters. The van der Waals surface area contributed by atoms with Gasteiger partial charge in [0, 0.05) is 5.39 Å². The molecule has 0 radical (unpaired) electrons. The van der Waals surface area contributed by atoms with Crippen molar-refractivity contribution in [2.24, 2.45) is 5.92 Å². The summed E-state index contributed by atoms with van der Waals surface area (Å²) in [4.78, 5) is 22.2. The van der Waals surface area contributed by atoms with Crippen molar-refractivity contribution in [3.05, 3.63) is 77.3 Å². The number of nitrogens with one attached hydrogen (secondary N) is 1. The van der Waals surface area contributed by atoms with Crippen LogP contribution in [0.25, 0.3) is 17.0 Å². The van der Waals surface area contributed by atoms with Crippen molar-refractivity contribution in [3.63, 3.8) is 0 Å². The third-order valence-corrected chi connectivity index (χ3v) is 5.26. The molecule has 0 saturated heterocycles. The number of hydrogen-bond donors (Lipinski definition) is 1. The number of rotatable bonds is 8. The van der Waals surface area contributed by atoms with E-state index in [0.29, 0.717) is 11.7 Å². The largest absolute Gasteiger partial charge is 0.445 e. The van der Waals surface area contributed by atoms with Crippen LogP contribution in [0.5, 0.6) is 0 Å². The highest BCUT2D eigenvalue weighted by molar-refractivity contribution is 5.84. The Balaban J connectivity index is 1.88. The molecule has 2 aromatic carbocycles. The fraction of sp³-hybridized carbons (Fsp3) is 0.346. The minimum atomic E-state index is -0.463. The van der Waals surface area contributed by atoms with Crippen molar-refractivity contribution in [3.8, 4) is 0 Å². The van der Waals surface area contributed by atoms with Crippen LogP contribution in [0.3, 0.4) is 0 Å². The number of fused-ring (bicyclic) bond motifs is 1. The second kappa shape index (κ2) is 10.2. The summed E-state index contributed by atoms with van der Waals surface area (Å²) in [6.07, 6.45) is 2.89. The molecule has 0 fully saturated rings. The van der Waals surface area contributed by atoms with Crippen molar-refractivity contribution in [2.45, 2.75) is 53.2 Å². The monoisotopic (exact) mass is 417 g/mol. The molecule has 162 valence electrons. The molecule has 1 N–H and O–H groups in total. The van der Waals surface area contributed by atoms with Crippen LogP contribution in [0.1, 0.15) is 61.4 Å². The van der Waals surface area contributed by atoms with Gasteiger partial charge in [-0.3, -0.25) is 0 Å². The Hall–Kier alpha value is -3.21. The lowest BCUT2D eigenvalue weighted by atomic mass is 10.0. The van der Waals surface area contributed by atoms with Gasteiger partial charge in [-0.25, -0.2) is 14.8 Å². The number of alkyl carbamates (subject to hydrolysis) is 1. The van der Waals surface area contributed by atoms with Gasteiger partial charge < -0.3 is 10.1 Å². The maximum absolute atomic E-state index is 12.5. The maximum atomic E-state index is 12.5. The van der Waals surface area contributed by atoms with Gasteiger partial charge in [-0.15, -0.1) is 0 Å². The molecule has 1 heterocycles. The Bertz CT molecular complexity index is 1060. The Morgan fingerprint density at radius 1 is 1.19 bits per heavy atom. The summed E-state index contributed by atoms with van der Waals surface area (Å²) in [5.74, 6) is 0.981. The van der Waals surface area contributed by atoms with Gasteiger partial charge in [0.15, 0.2) is 5.82 Å². The van der Waals surface area contributed by atoms with E-state index in [4.69, 9.17) is 14.7 Å². The quantitative estimate of drug-likeness (QED) is 0.477. The van der Waals surface area contributed by atoms with Gasteiger partial charge in [0.05, 0.1) is 17.3 Å². The molecule has 1 amide bonds. The average molecular weight is 418 g/mol. The number of amides is 1. The molecule has 3 rings (SSSR count). The zero-order valence-corrected chi connectivity index (χ0v) is 18.8. The molecule has 5 nitrogen and oxygen atoms in total. The van der Waals surface area contributed by atoms with Gasteiger partial charge in [-0.1, -0.05) is 63.8 Å². The molecular weight excluding hydrogens is 386 g/mol. The lowest BCUT2D eigenvalue weighted by Gasteiger charge is -2.21. The maximum Gasteiger partial charge on any atom is 0.408 e. The minimum Gasteiger partial charge on any atom is -0.445 e. The first-order valence-electron chi connectivity index (χ1n) is 10.8. The number of nitrogens with zero attached hydrogens (tertiary/aromatic N) is 2. The second-order valence-electron chi connectivity index (χ2n) is 8.20. The van der Waals surface area contributed by atoms with Crippen LogP contribution >= 0.6 is 0 Å². The molecule has 0 saturated carbocycles. The van der Waals surface area contributed by atoms with Gasteiger partial charge in [-0.2, -0.15) is 0 Å². The SMILES string of the molecule is C=Cc1cc2c(CC)nc(C(CC(C)C)NC(=O)OCc3ccccc3)nc2cc1C. The third kappa shape index (κ3) is 5.69. The highest BCUT2D eigenvalue weighted by Gasteiger charge is 2.21. The number of aromatic nitrogens is 2. The van der Waals surface area contributed by atoms with E-state index in [1.807, 2.05) is 36.4 Å². The van der Waals surface area contributed by atoms with Gasteiger partial charge in [0.1, 0.15) is 6.61 Å². The lowest BCUT2D eigenvalue weighted by Crippen LogP contribution is -2.31. The number of aryl methyl sites for hydroxylation is 2. The predicted molar refractivity (Wildman–Crippen MR) is 126 cm³/mol. The van der Waals surface area contributed by atoms with Gasteiger partial charge in [-0.05, 0) is 54.5 Å². The number of benzene rings is 2. The first-order valence-corrected chi connectivity index (χ1v) is 10.8. The summed E-state index contributed by atoms with van der Waals surface area (Å²) in [5.41, 5.74) is 5.00. The van der Waals surface area contributed by atoms with Crippen LogP contribution in [0.4, 0.5) is 4.79 Å². The van der Waals surface area contributed by atoms with Crippen LogP contribution < -0.4 is 5.32 Å². The standard InChI is InChI=1S/C26H31N3O2/c1-6-20-15-21-22(7-2)27-25(28-23(21)14-18(20)5)24(13-17(3)4)29-26(30)31-16-19-11-9-8-10-12-19/h6,8-12,14-15,17,24H,1,7,13,16H2,2-5H3,(H,29,30). The third-order valence-electron chi connectivity index (χ3n) is 5.26. The predicted octanol–water partition coefficient (Wildman–Crippen LogP) is 6.16. The smallest absolute Gasteiger partial charge is 0.408 e. The number of carbonyl (C=O) groups is 1. The first kappa shape index (κ1) is 22.5. The van der Waals surface area contributed by atoms with Crippen molar-refractivity contribution >= 4 is 23.1 Å².